The molecule has 0 aromatic rings. The van der Waals surface area contributed by atoms with Crippen molar-refractivity contribution in [2.45, 2.75) is 19.1 Å². The van der Waals surface area contributed by atoms with E-state index >= 15 is 0 Å². The van der Waals surface area contributed by atoms with Crippen molar-refractivity contribution in [2.24, 2.45) is 5.92 Å². The van der Waals surface area contributed by atoms with Gasteiger partial charge in [-0.05, 0) is 13.3 Å². The van der Waals surface area contributed by atoms with E-state index in [0.29, 0.717) is 32.8 Å². The van der Waals surface area contributed by atoms with Crippen molar-refractivity contribution in [3.8, 4) is 0 Å². The predicted molar refractivity (Wildman–Crippen MR) is 63.4 cm³/mol. The molecule has 2 rings (SSSR count). The minimum atomic E-state index is -1.08. The number of hydrogen-bond acceptors (Lipinski definition) is 6. The Bertz CT molecular complexity index is 352. The zero-order chi connectivity index (χ0) is 13.9. The van der Waals surface area contributed by atoms with Gasteiger partial charge in [0.1, 0.15) is 5.92 Å². The molecule has 1 spiro atoms. The quantitative estimate of drug-likeness (QED) is 0.677. The molecule has 2 heterocycles. The number of nitrogens with zero attached hydrogens (tertiary/aromatic N) is 1. The van der Waals surface area contributed by atoms with E-state index in [1.165, 1.54) is 12.0 Å². The van der Waals surface area contributed by atoms with Gasteiger partial charge in [0.25, 0.3) is 0 Å². The topological polar surface area (TPSA) is 74.3 Å². The molecule has 2 saturated heterocycles. The van der Waals surface area contributed by atoms with Crippen LogP contribution in [-0.2, 0) is 23.7 Å². The molecule has 2 fully saturated rings. The molecular formula is C12H19NO6. The summed E-state index contributed by atoms with van der Waals surface area (Å²) in [5.74, 6) is -1.93. The maximum absolute atomic E-state index is 12.0. The average molecular weight is 273 g/mol. The van der Waals surface area contributed by atoms with Crippen molar-refractivity contribution in [1.29, 1.82) is 0 Å². The number of carbonyl (C=O) groups excluding carboxylic acids is 2. The highest BCUT2D eigenvalue weighted by molar-refractivity contribution is 5.75. The summed E-state index contributed by atoms with van der Waals surface area (Å²) in [6, 6.07) is 0. The maximum Gasteiger partial charge on any atom is 0.409 e. The number of rotatable bonds is 2. The Morgan fingerprint density at radius 3 is 2.63 bits per heavy atom. The second kappa shape index (κ2) is 5.75. The van der Waals surface area contributed by atoms with E-state index < -0.39 is 17.8 Å². The third kappa shape index (κ3) is 2.66. The monoisotopic (exact) mass is 273 g/mol. The predicted octanol–water partition coefficient (Wildman–Crippen LogP) is 0.381. The fourth-order valence-corrected chi connectivity index (χ4v) is 2.55. The molecule has 1 atom stereocenters. The molecule has 2 aliphatic rings. The summed E-state index contributed by atoms with van der Waals surface area (Å²) >= 11 is 0. The minimum Gasteiger partial charge on any atom is -0.466 e. The third-order valence-corrected chi connectivity index (χ3v) is 3.41. The molecule has 0 radical (unpaired) electrons. The Balaban J connectivity index is 2.13. The van der Waals surface area contributed by atoms with Crippen LogP contribution in [-0.4, -0.2) is 62.8 Å². The number of ether oxygens (including phenoxy) is 4. The van der Waals surface area contributed by atoms with E-state index in [0.717, 1.165) is 0 Å². The van der Waals surface area contributed by atoms with E-state index in [2.05, 4.69) is 0 Å². The lowest BCUT2D eigenvalue weighted by atomic mass is 9.90. The highest BCUT2D eigenvalue weighted by atomic mass is 16.7. The van der Waals surface area contributed by atoms with Crippen LogP contribution in [0, 0.1) is 5.92 Å². The van der Waals surface area contributed by atoms with Gasteiger partial charge in [0.15, 0.2) is 5.79 Å². The van der Waals surface area contributed by atoms with Gasteiger partial charge in [0.2, 0.25) is 0 Å². The van der Waals surface area contributed by atoms with Gasteiger partial charge in [-0.15, -0.1) is 0 Å². The Labute approximate surface area is 111 Å². The third-order valence-electron chi connectivity index (χ3n) is 3.41. The number of hydrogen-bond donors (Lipinski definition) is 0. The molecular weight excluding hydrogens is 254 g/mol. The zero-order valence-corrected chi connectivity index (χ0v) is 11.2. The largest absolute Gasteiger partial charge is 0.466 e. The lowest BCUT2D eigenvalue weighted by Crippen LogP contribution is -2.58. The van der Waals surface area contributed by atoms with Gasteiger partial charge in [-0.25, -0.2) is 4.79 Å². The normalized spacial score (nSPS) is 25.4. The van der Waals surface area contributed by atoms with Crippen LogP contribution < -0.4 is 0 Å². The second-order valence-corrected chi connectivity index (χ2v) is 4.49. The number of amides is 1. The van der Waals surface area contributed by atoms with Gasteiger partial charge in [0.05, 0.1) is 33.5 Å². The van der Waals surface area contributed by atoms with E-state index in [1.54, 1.807) is 6.92 Å². The van der Waals surface area contributed by atoms with E-state index in [4.69, 9.17) is 18.9 Å². The summed E-state index contributed by atoms with van der Waals surface area (Å²) in [4.78, 5) is 25.1. The van der Waals surface area contributed by atoms with Crippen LogP contribution in [0.15, 0.2) is 0 Å². The van der Waals surface area contributed by atoms with Crippen LogP contribution in [0.2, 0.25) is 0 Å². The molecule has 108 valence electrons. The molecule has 0 unspecified atom stereocenters. The van der Waals surface area contributed by atoms with Crippen LogP contribution in [0.5, 0.6) is 0 Å². The van der Waals surface area contributed by atoms with Crippen molar-refractivity contribution in [3.63, 3.8) is 0 Å². The summed E-state index contributed by atoms with van der Waals surface area (Å²) in [5.41, 5.74) is 0. The standard InChI is InChI=1S/C12H19NO6/c1-3-17-10(14)9-4-5-13(11(15)16-2)8-12(9)18-6-7-19-12/h9H,3-8H2,1-2H3/t9-/m1/s1. The van der Waals surface area contributed by atoms with Crippen molar-refractivity contribution >= 4 is 12.1 Å². The first-order valence-corrected chi connectivity index (χ1v) is 6.40. The number of methoxy groups -OCH3 is 1. The number of piperidine rings is 1. The van der Waals surface area contributed by atoms with Gasteiger partial charge in [0, 0.05) is 6.54 Å². The highest BCUT2D eigenvalue weighted by Crippen LogP contribution is 2.36. The van der Waals surface area contributed by atoms with Crippen LogP contribution >= 0.6 is 0 Å². The summed E-state index contributed by atoms with van der Waals surface area (Å²) < 4.78 is 21.0. The smallest absolute Gasteiger partial charge is 0.409 e. The first kappa shape index (κ1) is 14.1. The number of esters is 1. The van der Waals surface area contributed by atoms with Crippen molar-refractivity contribution in [1.82, 2.24) is 4.90 Å². The fraction of sp³-hybridized carbons (Fsp3) is 0.833. The number of carbonyl (C=O) groups is 2. The van der Waals surface area contributed by atoms with Gasteiger partial charge in [-0.2, -0.15) is 0 Å². The zero-order valence-electron chi connectivity index (χ0n) is 11.2. The fourth-order valence-electron chi connectivity index (χ4n) is 2.55. The molecule has 0 aromatic heterocycles. The minimum absolute atomic E-state index is 0.184. The van der Waals surface area contributed by atoms with E-state index in [1.807, 2.05) is 0 Å². The van der Waals surface area contributed by atoms with Crippen LogP contribution in [0.25, 0.3) is 0 Å². The summed E-state index contributed by atoms with van der Waals surface area (Å²) in [5, 5.41) is 0. The SMILES string of the molecule is CCOC(=O)[C@H]1CCN(C(=O)OC)CC12OCCO2. The molecule has 7 heteroatoms. The van der Waals surface area contributed by atoms with Gasteiger partial charge in [-0.3, -0.25) is 4.79 Å². The van der Waals surface area contributed by atoms with Gasteiger partial charge >= 0.3 is 12.1 Å². The van der Waals surface area contributed by atoms with Crippen molar-refractivity contribution < 1.29 is 28.5 Å². The van der Waals surface area contributed by atoms with E-state index in [-0.39, 0.29) is 12.5 Å². The van der Waals surface area contributed by atoms with E-state index in [9.17, 15) is 9.59 Å². The van der Waals surface area contributed by atoms with Crippen molar-refractivity contribution in [2.75, 3.05) is 40.0 Å². The van der Waals surface area contributed by atoms with Crippen LogP contribution in [0.4, 0.5) is 4.79 Å². The average Bonchev–Trinajstić information content (AvgIpc) is 2.86. The molecule has 7 nitrogen and oxygen atoms in total. The Kier molecular flexibility index (Phi) is 4.26. The molecule has 0 aromatic carbocycles. The van der Waals surface area contributed by atoms with Crippen molar-refractivity contribution in [3.05, 3.63) is 0 Å². The van der Waals surface area contributed by atoms with Gasteiger partial charge < -0.3 is 23.8 Å². The lowest BCUT2D eigenvalue weighted by molar-refractivity contribution is -0.227. The highest BCUT2D eigenvalue weighted by Gasteiger charge is 2.53. The first-order chi connectivity index (χ1) is 9.13. The molecule has 19 heavy (non-hydrogen) atoms. The Morgan fingerprint density at radius 1 is 1.37 bits per heavy atom. The second-order valence-electron chi connectivity index (χ2n) is 4.49. The molecule has 2 aliphatic heterocycles. The Hall–Kier alpha value is -1.34. The molecule has 0 aliphatic carbocycles. The molecule has 0 bridgehead atoms. The first-order valence-electron chi connectivity index (χ1n) is 6.40. The van der Waals surface area contributed by atoms with Crippen LogP contribution in [0.1, 0.15) is 13.3 Å². The number of likely N-dealkylation sites (tertiary alicyclic amines) is 1. The molecule has 1 amide bonds. The lowest BCUT2D eigenvalue weighted by Gasteiger charge is -2.42. The maximum atomic E-state index is 12.0. The Morgan fingerprint density at radius 2 is 2.05 bits per heavy atom. The summed E-state index contributed by atoms with van der Waals surface area (Å²) in [6.07, 6.45) is -0.00529. The summed E-state index contributed by atoms with van der Waals surface area (Å²) in [6.45, 7) is 3.49. The van der Waals surface area contributed by atoms with Crippen LogP contribution in [0.3, 0.4) is 0 Å². The molecule has 0 N–H and O–H groups in total. The summed E-state index contributed by atoms with van der Waals surface area (Å²) in [7, 11) is 1.32. The molecule has 0 saturated carbocycles. The van der Waals surface area contributed by atoms with Gasteiger partial charge in [-0.1, -0.05) is 0 Å².